The van der Waals surface area contributed by atoms with Crippen molar-refractivity contribution in [3.63, 3.8) is 0 Å². The Balaban J connectivity index is 2.19. The highest BCUT2D eigenvalue weighted by Gasteiger charge is 2.30. The van der Waals surface area contributed by atoms with Crippen LogP contribution in [0.4, 0.5) is 0 Å². The lowest BCUT2D eigenvalue weighted by molar-refractivity contribution is 0.0197. The Morgan fingerprint density at radius 1 is 1.42 bits per heavy atom. The van der Waals surface area contributed by atoms with Crippen LogP contribution in [0.1, 0.15) is 25.5 Å². The van der Waals surface area contributed by atoms with Crippen molar-refractivity contribution >= 4 is 11.0 Å². The molecule has 0 radical (unpaired) electrons. The molecule has 100 valence electrons. The summed E-state index contributed by atoms with van der Waals surface area (Å²) in [7, 11) is 0. The second kappa shape index (κ2) is 4.68. The van der Waals surface area contributed by atoms with Gasteiger partial charge in [-0.3, -0.25) is 5.43 Å². The molecule has 1 unspecified atom stereocenters. The van der Waals surface area contributed by atoms with Crippen LogP contribution in [0.3, 0.4) is 0 Å². The molecule has 0 fully saturated rings. The topological polar surface area (TPSA) is 54.7 Å². The molecule has 1 aromatic carbocycles. The maximum absolute atomic E-state index is 12.1. The van der Waals surface area contributed by atoms with Gasteiger partial charge in [-0.05, 0) is 19.1 Å². The zero-order valence-corrected chi connectivity index (χ0v) is 11.0. The van der Waals surface area contributed by atoms with Gasteiger partial charge >= 0.3 is 5.63 Å². The predicted molar refractivity (Wildman–Crippen MR) is 71.9 cm³/mol. The van der Waals surface area contributed by atoms with Crippen molar-refractivity contribution in [3.05, 3.63) is 40.2 Å². The van der Waals surface area contributed by atoms with Crippen molar-refractivity contribution in [1.82, 2.24) is 10.4 Å². The monoisotopic (exact) mass is 260 g/mol. The molecule has 19 heavy (non-hydrogen) atoms. The number of nitrogens with zero attached hydrogens (tertiary/aromatic N) is 1. The Morgan fingerprint density at radius 2 is 2.21 bits per heavy atom. The van der Waals surface area contributed by atoms with E-state index in [4.69, 9.17) is 9.15 Å². The molecule has 1 aromatic heterocycles. The minimum atomic E-state index is -0.330. The average Bonchev–Trinajstić information content (AvgIpc) is 2.41. The second-order valence-corrected chi connectivity index (χ2v) is 4.56. The van der Waals surface area contributed by atoms with Crippen molar-refractivity contribution in [2.45, 2.75) is 19.9 Å². The molecule has 0 aliphatic carbocycles. The van der Waals surface area contributed by atoms with Gasteiger partial charge in [0.15, 0.2) is 6.73 Å². The number of fused-ring (bicyclic) bond motifs is 3. The van der Waals surface area contributed by atoms with Gasteiger partial charge in [-0.1, -0.05) is 19.1 Å². The number of hydrazine groups is 1. The SMILES string of the molecule is CCNN1COc2c(c(=O)oc3ccccc23)C1C. The molecule has 5 heteroatoms. The van der Waals surface area contributed by atoms with E-state index in [1.54, 1.807) is 6.07 Å². The van der Waals surface area contributed by atoms with Crippen LogP contribution < -0.4 is 15.8 Å². The fourth-order valence-electron chi connectivity index (χ4n) is 2.44. The number of benzene rings is 1. The van der Waals surface area contributed by atoms with Crippen molar-refractivity contribution in [2.24, 2.45) is 0 Å². The van der Waals surface area contributed by atoms with E-state index in [0.29, 0.717) is 23.6 Å². The summed E-state index contributed by atoms with van der Waals surface area (Å²) in [5.74, 6) is 0.647. The van der Waals surface area contributed by atoms with E-state index in [0.717, 1.165) is 11.9 Å². The molecule has 0 bridgehead atoms. The molecule has 0 amide bonds. The Kier molecular flexibility index (Phi) is 3.00. The smallest absolute Gasteiger partial charge is 0.344 e. The molecule has 1 aliphatic heterocycles. The number of hydrogen-bond acceptors (Lipinski definition) is 5. The Bertz CT molecular complexity index is 665. The van der Waals surface area contributed by atoms with Crippen LogP contribution in [0.5, 0.6) is 5.75 Å². The van der Waals surface area contributed by atoms with E-state index in [1.165, 1.54) is 0 Å². The molecule has 3 rings (SSSR count). The molecule has 2 aromatic rings. The first kappa shape index (κ1) is 12.2. The summed E-state index contributed by atoms with van der Waals surface area (Å²) in [4.78, 5) is 12.1. The van der Waals surface area contributed by atoms with E-state index < -0.39 is 0 Å². The van der Waals surface area contributed by atoms with E-state index in [2.05, 4.69) is 5.43 Å². The highest BCUT2D eigenvalue weighted by atomic mass is 16.5. The Morgan fingerprint density at radius 3 is 3.00 bits per heavy atom. The van der Waals surface area contributed by atoms with Gasteiger partial charge in [0.05, 0.1) is 17.0 Å². The summed E-state index contributed by atoms with van der Waals surface area (Å²) in [6.07, 6.45) is 0. The van der Waals surface area contributed by atoms with Gasteiger partial charge in [0.1, 0.15) is 11.3 Å². The molecular weight excluding hydrogens is 244 g/mol. The fraction of sp³-hybridized carbons (Fsp3) is 0.357. The summed E-state index contributed by atoms with van der Waals surface area (Å²) >= 11 is 0. The van der Waals surface area contributed by atoms with Crippen LogP contribution in [-0.2, 0) is 0 Å². The van der Waals surface area contributed by atoms with E-state index in [1.807, 2.05) is 37.1 Å². The van der Waals surface area contributed by atoms with Gasteiger partial charge in [0, 0.05) is 6.54 Å². The summed E-state index contributed by atoms with van der Waals surface area (Å²) in [5, 5.41) is 2.74. The quantitative estimate of drug-likeness (QED) is 0.837. The Hall–Kier alpha value is -1.85. The van der Waals surface area contributed by atoms with E-state index in [9.17, 15) is 4.79 Å². The zero-order chi connectivity index (χ0) is 13.4. The van der Waals surface area contributed by atoms with Gasteiger partial charge < -0.3 is 9.15 Å². The van der Waals surface area contributed by atoms with Gasteiger partial charge in [-0.2, -0.15) is 0 Å². The third-order valence-electron chi connectivity index (χ3n) is 3.39. The molecular formula is C14H16N2O3. The third-order valence-corrected chi connectivity index (χ3v) is 3.39. The number of ether oxygens (including phenoxy) is 1. The van der Waals surface area contributed by atoms with E-state index >= 15 is 0 Å². The molecule has 0 saturated heterocycles. The Labute approximate surface area is 110 Å². The largest absolute Gasteiger partial charge is 0.475 e. The molecule has 0 spiro atoms. The first-order valence-electron chi connectivity index (χ1n) is 6.41. The minimum absolute atomic E-state index is 0.0791. The first-order chi connectivity index (χ1) is 9.22. The summed E-state index contributed by atoms with van der Waals surface area (Å²) in [6, 6.07) is 7.36. The first-order valence-corrected chi connectivity index (χ1v) is 6.41. The summed E-state index contributed by atoms with van der Waals surface area (Å²) in [5.41, 5.74) is 3.99. The van der Waals surface area contributed by atoms with Crippen molar-refractivity contribution in [2.75, 3.05) is 13.3 Å². The molecule has 1 aliphatic rings. The van der Waals surface area contributed by atoms with E-state index in [-0.39, 0.29) is 11.7 Å². The number of para-hydroxylation sites is 1. The van der Waals surface area contributed by atoms with Crippen LogP contribution in [0.2, 0.25) is 0 Å². The van der Waals surface area contributed by atoms with Crippen LogP contribution in [0.15, 0.2) is 33.5 Å². The molecule has 2 heterocycles. The van der Waals surface area contributed by atoms with Crippen molar-refractivity contribution in [3.8, 4) is 5.75 Å². The predicted octanol–water partition coefficient (Wildman–Crippen LogP) is 2.03. The standard InChI is InChI=1S/C14H16N2O3/c1-3-15-16-8-18-13-10-6-4-5-7-11(10)19-14(17)12(13)9(16)2/h4-7,9,15H,3,8H2,1-2H3. The van der Waals surface area contributed by atoms with Crippen molar-refractivity contribution in [1.29, 1.82) is 0 Å². The lowest BCUT2D eigenvalue weighted by Crippen LogP contribution is -2.46. The van der Waals surface area contributed by atoms with Crippen molar-refractivity contribution < 1.29 is 9.15 Å². The number of hydrogen-bond donors (Lipinski definition) is 1. The van der Waals surface area contributed by atoms with Crippen LogP contribution in [0.25, 0.3) is 11.0 Å². The highest BCUT2D eigenvalue weighted by molar-refractivity contribution is 5.84. The molecule has 0 saturated carbocycles. The summed E-state index contributed by atoms with van der Waals surface area (Å²) in [6.45, 7) is 5.16. The molecule has 1 atom stereocenters. The van der Waals surface area contributed by atoms with Gasteiger partial charge in [-0.15, -0.1) is 0 Å². The highest BCUT2D eigenvalue weighted by Crippen LogP contribution is 2.35. The maximum atomic E-state index is 12.1. The molecule has 1 N–H and O–H groups in total. The lowest BCUT2D eigenvalue weighted by Gasteiger charge is -2.34. The second-order valence-electron chi connectivity index (χ2n) is 4.56. The van der Waals surface area contributed by atoms with Crippen LogP contribution in [0, 0.1) is 0 Å². The van der Waals surface area contributed by atoms with Gasteiger partial charge in [-0.25, -0.2) is 9.80 Å². The third kappa shape index (κ3) is 1.91. The fourth-order valence-corrected chi connectivity index (χ4v) is 2.44. The lowest BCUT2D eigenvalue weighted by atomic mass is 10.1. The van der Waals surface area contributed by atoms with Crippen LogP contribution >= 0.6 is 0 Å². The normalized spacial score (nSPS) is 19.2. The van der Waals surface area contributed by atoms with Gasteiger partial charge in [0.25, 0.3) is 0 Å². The minimum Gasteiger partial charge on any atom is -0.475 e. The van der Waals surface area contributed by atoms with Gasteiger partial charge in [0.2, 0.25) is 0 Å². The molecule has 5 nitrogen and oxygen atoms in total. The summed E-state index contributed by atoms with van der Waals surface area (Å²) < 4.78 is 11.1. The number of nitrogens with one attached hydrogen (secondary N) is 1. The maximum Gasteiger partial charge on any atom is 0.344 e. The average molecular weight is 260 g/mol. The zero-order valence-electron chi connectivity index (χ0n) is 11.0. The van der Waals surface area contributed by atoms with Crippen LogP contribution in [-0.4, -0.2) is 18.3 Å². The number of rotatable bonds is 2.